The predicted molar refractivity (Wildman–Crippen MR) is 79.9 cm³/mol. The normalized spacial score (nSPS) is 13.6. The number of hydrogen-bond acceptors (Lipinski definition) is 2. The third-order valence-electron chi connectivity index (χ3n) is 2.51. The second kappa shape index (κ2) is 5.43. The average Bonchev–Trinajstić information content (AvgIpc) is 2.11. The van der Waals surface area contributed by atoms with Crippen LogP contribution in [-0.4, -0.2) is 14.0 Å². The van der Waals surface area contributed by atoms with E-state index in [0.29, 0.717) is 0 Å². The van der Waals surface area contributed by atoms with Gasteiger partial charge in [0.1, 0.15) is 4.90 Å². The van der Waals surface area contributed by atoms with Gasteiger partial charge in [-0.25, -0.2) is 13.1 Å². The molecule has 0 bridgehead atoms. The van der Waals surface area contributed by atoms with Crippen molar-refractivity contribution in [2.24, 2.45) is 5.41 Å². The minimum Gasteiger partial charge on any atom is -0.207 e. The zero-order valence-electron chi connectivity index (χ0n) is 12.1. The van der Waals surface area contributed by atoms with Crippen LogP contribution < -0.4 is 4.72 Å². The summed E-state index contributed by atoms with van der Waals surface area (Å²) in [7, 11) is -3.60. The number of rotatable bonds is 4. The molecule has 0 aliphatic rings. The summed E-state index contributed by atoms with van der Waals surface area (Å²) in [5.41, 5.74) is -0.497. The van der Waals surface area contributed by atoms with E-state index in [4.69, 9.17) is 11.6 Å². The van der Waals surface area contributed by atoms with Crippen LogP contribution in [0.1, 0.15) is 41.0 Å². The van der Waals surface area contributed by atoms with E-state index in [0.717, 1.165) is 6.42 Å². The monoisotopic (exact) mass is 303 g/mol. The number of nitrogens with one attached hydrogen (secondary N) is 1. The lowest BCUT2D eigenvalue weighted by molar-refractivity contribution is 0.269. The molecule has 0 amide bonds. The summed E-state index contributed by atoms with van der Waals surface area (Å²) in [4.78, 5) is 0.124. The van der Waals surface area contributed by atoms with E-state index in [1.54, 1.807) is 18.2 Å². The van der Waals surface area contributed by atoms with Crippen molar-refractivity contribution in [3.63, 3.8) is 0 Å². The van der Waals surface area contributed by atoms with Crippen molar-refractivity contribution < 1.29 is 8.42 Å². The van der Waals surface area contributed by atoms with Crippen molar-refractivity contribution in [3.8, 4) is 0 Å². The van der Waals surface area contributed by atoms with Crippen molar-refractivity contribution >= 4 is 21.6 Å². The number of sulfonamides is 1. The summed E-state index contributed by atoms with van der Waals surface area (Å²) < 4.78 is 27.5. The highest BCUT2D eigenvalue weighted by Gasteiger charge is 2.31. The summed E-state index contributed by atoms with van der Waals surface area (Å²) in [6.45, 7) is 10.0. The Kier molecular flexibility index (Phi) is 4.71. The Morgan fingerprint density at radius 2 is 1.63 bits per heavy atom. The van der Waals surface area contributed by atoms with Gasteiger partial charge >= 0.3 is 0 Å². The van der Waals surface area contributed by atoms with Gasteiger partial charge in [0.15, 0.2) is 0 Å². The molecule has 3 nitrogen and oxygen atoms in total. The largest absolute Gasteiger partial charge is 0.242 e. The maximum atomic E-state index is 12.4. The fourth-order valence-electron chi connectivity index (χ4n) is 2.44. The first kappa shape index (κ1) is 16.5. The molecule has 5 heteroatoms. The van der Waals surface area contributed by atoms with E-state index in [1.807, 2.05) is 13.8 Å². The predicted octanol–water partition coefficient (Wildman–Crippen LogP) is 3.83. The summed E-state index contributed by atoms with van der Waals surface area (Å²) in [5.74, 6) is 0. The number of hydrogen-bond donors (Lipinski definition) is 1. The van der Waals surface area contributed by atoms with Gasteiger partial charge in [0.25, 0.3) is 0 Å². The third-order valence-corrected chi connectivity index (χ3v) is 4.71. The fourth-order valence-corrected chi connectivity index (χ4v) is 4.38. The topological polar surface area (TPSA) is 46.2 Å². The lowest BCUT2D eigenvalue weighted by atomic mass is 9.82. The molecule has 0 aromatic heterocycles. The van der Waals surface area contributed by atoms with Crippen LogP contribution in [0.25, 0.3) is 0 Å². The van der Waals surface area contributed by atoms with Crippen molar-refractivity contribution in [1.82, 2.24) is 4.72 Å². The standard InChI is InChI=1S/C14H22ClNO2S/c1-13(2,3)10-14(4,5)16-19(17,18)12-9-7-6-8-11(12)15/h6-9,16H,10H2,1-5H3. The second-order valence-electron chi connectivity index (χ2n) is 6.66. The van der Waals surface area contributed by atoms with Crippen LogP contribution in [0.3, 0.4) is 0 Å². The first-order chi connectivity index (χ1) is 8.43. The molecule has 0 atom stereocenters. The average molecular weight is 304 g/mol. The molecule has 1 rings (SSSR count). The van der Waals surface area contributed by atoms with Crippen LogP contribution in [0.2, 0.25) is 5.02 Å². The summed E-state index contributed by atoms with van der Waals surface area (Å²) in [5, 5.41) is 0.238. The molecule has 0 fully saturated rings. The van der Waals surface area contributed by atoms with Gasteiger partial charge in [-0.1, -0.05) is 44.5 Å². The Morgan fingerprint density at radius 1 is 1.11 bits per heavy atom. The first-order valence-corrected chi connectivity index (χ1v) is 8.08. The van der Waals surface area contributed by atoms with E-state index in [2.05, 4.69) is 25.5 Å². The summed E-state index contributed by atoms with van der Waals surface area (Å²) in [6.07, 6.45) is 0.726. The maximum Gasteiger partial charge on any atom is 0.242 e. The molecule has 1 aromatic carbocycles. The molecule has 0 aliphatic heterocycles. The molecule has 0 aliphatic carbocycles. The minimum absolute atomic E-state index is 0.0342. The van der Waals surface area contributed by atoms with E-state index >= 15 is 0 Å². The van der Waals surface area contributed by atoms with Gasteiger partial charge in [0, 0.05) is 5.54 Å². The van der Waals surface area contributed by atoms with Gasteiger partial charge in [-0.3, -0.25) is 0 Å². The lowest BCUT2D eigenvalue weighted by Gasteiger charge is -2.33. The van der Waals surface area contributed by atoms with Crippen molar-refractivity contribution in [2.45, 2.75) is 51.5 Å². The lowest BCUT2D eigenvalue weighted by Crippen LogP contribution is -2.45. The molecule has 0 saturated heterocycles. The molecular formula is C14H22ClNO2S. The van der Waals surface area contributed by atoms with Crippen LogP contribution in [0, 0.1) is 5.41 Å². The zero-order chi connectivity index (χ0) is 14.9. The zero-order valence-corrected chi connectivity index (χ0v) is 13.7. The quantitative estimate of drug-likeness (QED) is 0.918. The molecule has 0 spiro atoms. The molecule has 19 heavy (non-hydrogen) atoms. The maximum absolute atomic E-state index is 12.4. The second-order valence-corrected chi connectivity index (χ2v) is 8.72. The summed E-state index contributed by atoms with van der Waals surface area (Å²) >= 11 is 5.95. The van der Waals surface area contributed by atoms with Gasteiger partial charge in [0.2, 0.25) is 10.0 Å². The van der Waals surface area contributed by atoms with Crippen LogP contribution in [0.4, 0.5) is 0 Å². The molecule has 0 saturated carbocycles. The van der Waals surface area contributed by atoms with E-state index in [9.17, 15) is 8.42 Å². The SMILES string of the molecule is CC(C)(C)CC(C)(C)NS(=O)(=O)c1ccccc1Cl. The third kappa shape index (κ3) is 5.13. The van der Waals surface area contributed by atoms with Crippen molar-refractivity contribution in [3.05, 3.63) is 29.3 Å². The molecule has 108 valence electrons. The van der Waals surface area contributed by atoms with E-state index < -0.39 is 15.6 Å². The molecular weight excluding hydrogens is 282 g/mol. The Bertz CT molecular complexity index is 545. The number of halogens is 1. The number of benzene rings is 1. The smallest absolute Gasteiger partial charge is 0.207 e. The highest BCUT2D eigenvalue weighted by atomic mass is 35.5. The van der Waals surface area contributed by atoms with Gasteiger partial charge in [-0.2, -0.15) is 0 Å². The molecule has 0 unspecified atom stereocenters. The van der Waals surface area contributed by atoms with E-state index in [1.165, 1.54) is 6.07 Å². The molecule has 1 N–H and O–H groups in total. The molecule has 0 radical (unpaired) electrons. The van der Waals surface area contributed by atoms with Crippen LogP contribution >= 0.6 is 11.6 Å². The minimum atomic E-state index is -3.60. The van der Waals surface area contributed by atoms with E-state index in [-0.39, 0.29) is 15.3 Å². The Morgan fingerprint density at radius 3 is 2.11 bits per heavy atom. The fraction of sp³-hybridized carbons (Fsp3) is 0.571. The van der Waals surface area contributed by atoms with Crippen molar-refractivity contribution in [1.29, 1.82) is 0 Å². The van der Waals surface area contributed by atoms with Crippen LogP contribution in [0.5, 0.6) is 0 Å². The summed E-state index contributed by atoms with van der Waals surface area (Å²) in [6, 6.07) is 6.46. The van der Waals surface area contributed by atoms with Crippen molar-refractivity contribution in [2.75, 3.05) is 0 Å². The first-order valence-electron chi connectivity index (χ1n) is 6.22. The molecule has 0 heterocycles. The Hall–Kier alpha value is -0.580. The highest BCUT2D eigenvalue weighted by molar-refractivity contribution is 7.89. The Labute approximate surface area is 121 Å². The van der Waals surface area contributed by atoms with Gasteiger partial charge in [0.05, 0.1) is 5.02 Å². The van der Waals surface area contributed by atoms with Gasteiger partial charge in [-0.05, 0) is 37.8 Å². The Balaban J connectivity index is 3.01. The molecule has 1 aromatic rings. The highest BCUT2D eigenvalue weighted by Crippen LogP contribution is 2.29. The van der Waals surface area contributed by atoms with Crippen LogP contribution in [-0.2, 0) is 10.0 Å². The van der Waals surface area contributed by atoms with Crippen LogP contribution in [0.15, 0.2) is 29.2 Å². The van der Waals surface area contributed by atoms with Gasteiger partial charge in [-0.15, -0.1) is 0 Å². The van der Waals surface area contributed by atoms with Gasteiger partial charge < -0.3 is 0 Å².